The summed E-state index contributed by atoms with van der Waals surface area (Å²) in [5.41, 5.74) is 0. The fourth-order valence-corrected chi connectivity index (χ4v) is 2.73. The van der Waals surface area contributed by atoms with Crippen molar-refractivity contribution >= 4 is 10.0 Å². The lowest BCUT2D eigenvalue weighted by Gasteiger charge is -2.12. The molecule has 0 atom stereocenters. The highest BCUT2D eigenvalue weighted by atomic mass is 32.2. The second-order valence-corrected chi connectivity index (χ2v) is 6.41. The monoisotopic (exact) mass is 235 g/mol. The Bertz CT molecular complexity index is 268. The molecule has 15 heavy (non-hydrogen) atoms. The van der Waals surface area contributed by atoms with Crippen LogP contribution in [0.4, 0.5) is 0 Å². The van der Waals surface area contributed by atoms with E-state index in [0.717, 1.165) is 25.7 Å². The van der Waals surface area contributed by atoms with Crippen molar-refractivity contribution in [1.82, 2.24) is 4.89 Å². The summed E-state index contributed by atoms with van der Waals surface area (Å²) in [5.74, 6) is 0.547. The van der Waals surface area contributed by atoms with Crippen molar-refractivity contribution in [1.29, 1.82) is 0 Å². The molecule has 4 nitrogen and oxygen atoms in total. The highest BCUT2D eigenvalue weighted by Crippen LogP contribution is 2.20. The van der Waals surface area contributed by atoms with E-state index in [1.165, 1.54) is 0 Å². The van der Waals surface area contributed by atoms with Crippen LogP contribution in [0.3, 0.4) is 0 Å². The fourth-order valence-electron chi connectivity index (χ4n) is 1.58. The maximum atomic E-state index is 11.5. The second-order valence-electron chi connectivity index (χ2n) is 4.61. The van der Waals surface area contributed by atoms with Crippen LogP contribution >= 0.6 is 0 Å². The number of hydrogen-bond donors (Lipinski definition) is 1. The van der Waals surface area contributed by atoms with Crippen LogP contribution in [0.15, 0.2) is 0 Å². The topological polar surface area (TPSA) is 55.4 Å². The summed E-state index contributed by atoms with van der Waals surface area (Å²) in [5, 5.41) is 0. The van der Waals surface area contributed by atoms with Crippen LogP contribution in [0.25, 0.3) is 0 Å². The van der Waals surface area contributed by atoms with E-state index in [2.05, 4.69) is 4.89 Å². The third kappa shape index (κ3) is 5.49. The van der Waals surface area contributed by atoms with Gasteiger partial charge in [0.05, 0.1) is 11.9 Å². The van der Waals surface area contributed by atoms with Crippen molar-refractivity contribution in [2.45, 2.75) is 52.1 Å². The van der Waals surface area contributed by atoms with E-state index in [1.54, 1.807) is 0 Å². The van der Waals surface area contributed by atoms with Gasteiger partial charge >= 0.3 is 0 Å². The van der Waals surface area contributed by atoms with E-state index in [4.69, 9.17) is 4.84 Å². The summed E-state index contributed by atoms with van der Waals surface area (Å²) in [7, 11) is -3.24. The Hall–Kier alpha value is -0.130. The molecular formula is C10H21NO3S. The summed E-state index contributed by atoms with van der Waals surface area (Å²) < 4.78 is 22.9. The summed E-state index contributed by atoms with van der Waals surface area (Å²) in [6.45, 7) is 4.01. The Morgan fingerprint density at radius 1 is 1.33 bits per heavy atom. The normalized spacial score (nSPS) is 18.9. The van der Waals surface area contributed by atoms with Crippen LogP contribution in [-0.4, -0.2) is 20.3 Å². The lowest BCUT2D eigenvalue weighted by molar-refractivity contribution is 0.0223. The quantitative estimate of drug-likeness (QED) is 0.715. The molecule has 1 saturated carbocycles. The molecule has 5 heteroatoms. The molecule has 1 rings (SSSR count). The second kappa shape index (κ2) is 5.82. The highest BCUT2D eigenvalue weighted by molar-refractivity contribution is 7.89. The van der Waals surface area contributed by atoms with Crippen LogP contribution < -0.4 is 4.89 Å². The summed E-state index contributed by atoms with van der Waals surface area (Å²) >= 11 is 0. The largest absolute Gasteiger partial charge is 0.284 e. The summed E-state index contributed by atoms with van der Waals surface area (Å²) in [6, 6.07) is 0. The average molecular weight is 235 g/mol. The SMILES string of the molecule is CC(C)CCS(=O)(=O)NOC1CCCC1. The van der Waals surface area contributed by atoms with Gasteiger partial charge in [0.1, 0.15) is 0 Å². The molecule has 1 aliphatic rings. The van der Waals surface area contributed by atoms with Crippen LogP contribution in [-0.2, 0) is 14.9 Å². The van der Waals surface area contributed by atoms with Gasteiger partial charge in [0.25, 0.3) is 0 Å². The maximum absolute atomic E-state index is 11.5. The van der Waals surface area contributed by atoms with E-state index in [0.29, 0.717) is 12.3 Å². The molecule has 90 valence electrons. The zero-order valence-electron chi connectivity index (χ0n) is 9.53. The molecule has 0 heterocycles. The smallest absolute Gasteiger partial charge is 0.233 e. The molecule has 0 aromatic carbocycles. The van der Waals surface area contributed by atoms with Gasteiger partial charge in [-0.05, 0) is 25.2 Å². The Kier molecular flexibility index (Phi) is 5.02. The van der Waals surface area contributed by atoms with Crippen molar-refractivity contribution < 1.29 is 13.3 Å². The van der Waals surface area contributed by atoms with E-state index in [1.807, 2.05) is 13.8 Å². The predicted molar refractivity (Wildman–Crippen MR) is 59.7 cm³/mol. The van der Waals surface area contributed by atoms with Crippen molar-refractivity contribution in [2.75, 3.05) is 5.75 Å². The molecule has 0 spiro atoms. The average Bonchev–Trinajstić information content (AvgIpc) is 2.65. The highest BCUT2D eigenvalue weighted by Gasteiger charge is 2.19. The first-order chi connectivity index (χ1) is 6.99. The Morgan fingerprint density at radius 3 is 2.47 bits per heavy atom. The van der Waals surface area contributed by atoms with Gasteiger partial charge in [-0.3, -0.25) is 4.84 Å². The first kappa shape index (κ1) is 12.9. The van der Waals surface area contributed by atoms with Crippen molar-refractivity contribution in [2.24, 2.45) is 5.92 Å². The molecular weight excluding hydrogens is 214 g/mol. The minimum absolute atomic E-state index is 0.0822. The van der Waals surface area contributed by atoms with Gasteiger partial charge in [-0.25, -0.2) is 8.42 Å². The minimum Gasteiger partial charge on any atom is -0.284 e. The Balaban J connectivity index is 2.23. The third-order valence-corrected chi connectivity index (χ3v) is 3.73. The lowest BCUT2D eigenvalue weighted by Crippen LogP contribution is -2.30. The first-order valence-electron chi connectivity index (χ1n) is 5.65. The van der Waals surface area contributed by atoms with Crippen LogP contribution in [0.1, 0.15) is 46.0 Å². The first-order valence-corrected chi connectivity index (χ1v) is 7.30. The minimum atomic E-state index is -3.24. The fraction of sp³-hybridized carbons (Fsp3) is 1.00. The van der Waals surface area contributed by atoms with E-state index >= 15 is 0 Å². The third-order valence-electron chi connectivity index (χ3n) is 2.61. The number of nitrogens with one attached hydrogen (secondary N) is 1. The van der Waals surface area contributed by atoms with Crippen molar-refractivity contribution in [3.05, 3.63) is 0 Å². The van der Waals surface area contributed by atoms with Gasteiger partial charge in [-0.1, -0.05) is 31.6 Å². The zero-order chi connectivity index (χ0) is 11.3. The zero-order valence-corrected chi connectivity index (χ0v) is 10.3. The molecule has 1 fully saturated rings. The summed E-state index contributed by atoms with van der Waals surface area (Å²) in [4.78, 5) is 7.39. The van der Waals surface area contributed by atoms with Gasteiger partial charge in [-0.15, -0.1) is 0 Å². The Labute approximate surface area is 92.4 Å². The van der Waals surface area contributed by atoms with Crippen molar-refractivity contribution in [3.63, 3.8) is 0 Å². The van der Waals surface area contributed by atoms with E-state index in [9.17, 15) is 8.42 Å². The van der Waals surface area contributed by atoms with E-state index < -0.39 is 10.0 Å². The number of hydrogen-bond acceptors (Lipinski definition) is 3. The molecule has 0 amide bonds. The van der Waals surface area contributed by atoms with Gasteiger partial charge in [0, 0.05) is 0 Å². The standard InChI is InChI=1S/C10H21NO3S/c1-9(2)7-8-15(12,13)11-14-10-5-3-4-6-10/h9-11H,3-8H2,1-2H3. The van der Waals surface area contributed by atoms with Crippen molar-refractivity contribution in [3.8, 4) is 0 Å². The van der Waals surface area contributed by atoms with Gasteiger partial charge in [0.2, 0.25) is 10.0 Å². The number of rotatable bonds is 6. The van der Waals surface area contributed by atoms with Crippen LogP contribution in [0, 0.1) is 5.92 Å². The predicted octanol–water partition coefficient (Wildman–Crippen LogP) is 1.83. The molecule has 0 radical (unpaired) electrons. The molecule has 0 aliphatic heterocycles. The lowest BCUT2D eigenvalue weighted by atomic mass is 10.2. The summed E-state index contributed by atoms with van der Waals surface area (Å²) in [6.07, 6.45) is 4.96. The van der Waals surface area contributed by atoms with Gasteiger partial charge < -0.3 is 0 Å². The molecule has 0 unspecified atom stereocenters. The molecule has 1 aliphatic carbocycles. The van der Waals surface area contributed by atoms with E-state index in [-0.39, 0.29) is 11.9 Å². The molecule has 0 bridgehead atoms. The Morgan fingerprint density at radius 2 is 1.93 bits per heavy atom. The molecule has 1 N–H and O–H groups in total. The van der Waals surface area contributed by atoms with Crippen LogP contribution in [0.2, 0.25) is 0 Å². The van der Waals surface area contributed by atoms with Gasteiger partial charge in [-0.2, -0.15) is 0 Å². The number of sulfonamides is 1. The maximum Gasteiger partial charge on any atom is 0.233 e. The van der Waals surface area contributed by atoms with Crippen LogP contribution in [0.5, 0.6) is 0 Å². The van der Waals surface area contributed by atoms with Gasteiger partial charge in [0.15, 0.2) is 0 Å². The molecule has 0 aromatic rings. The molecule has 0 aromatic heterocycles. The molecule has 0 saturated heterocycles.